The van der Waals surface area contributed by atoms with Gasteiger partial charge in [-0.1, -0.05) is 24.4 Å². The fraction of sp³-hybridized carbons (Fsp3) is 0.615. The van der Waals surface area contributed by atoms with Crippen molar-refractivity contribution >= 4 is 11.7 Å². The largest absolute Gasteiger partial charge is 0.409 e. The van der Waals surface area contributed by atoms with Gasteiger partial charge in [0, 0.05) is 25.5 Å². The first-order chi connectivity index (χ1) is 9.69. The monoisotopic (exact) mass is 279 g/mol. The van der Waals surface area contributed by atoms with Gasteiger partial charge in [-0.25, -0.2) is 4.98 Å². The van der Waals surface area contributed by atoms with E-state index < -0.39 is 5.41 Å². The van der Waals surface area contributed by atoms with E-state index in [0.717, 1.165) is 19.3 Å². The minimum absolute atomic E-state index is 0.0253. The Kier molecular flexibility index (Phi) is 4.60. The Bertz CT molecular complexity index is 463. The first-order valence-electron chi connectivity index (χ1n) is 6.91. The van der Waals surface area contributed by atoms with E-state index in [2.05, 4.69) is 15.5 Å². The van der Waals surface area contributed by atoms with E-state index in [1.165, 1.54) is 0 Å². The minimum Gasteiger partial charge on any atom is -0.409 e. The van der Waals surface area contributed by atoms with Crippen molar-refractivity contribution < 1.29 is 10.0 Å². The number of hydrogen-bond donors (Lipinski definition) is 3. The average molecular weight is 279 g/mol. The van der Waals surface area contributed by atoms with Crippen molar-refractivity contribution in [1.82, 2.24) is 14.9 Å². The highest BCUT2D eigenvalue weighted by atomic mass is 16.4. The minimum atomic E-state index is -0.845. The fourth-order valence-corrected chi connectivity index (χ4v) is 2.74. The van der Waals surface area contributed by atoms with Gasteiger partial charge in [0.1, 0.15) is 5.41 Å². The SMILES string of the molecule is NC(=NO)C1(C(=O)NCCn2ccnc2)CCCCC1. The molecule has 20 heavy (non-hydrogen) atoms. The van der Waals surface area contributed by atoms with Gasteiger partial charge in [0.05, 0.1) is 6.33 Å². The molecule has 0 bridgehead atoms. The van der Waals surface area contributed by atoms with Gasteiger partial charge < -0.3 is 20.8 Å². The molecule has 4 N–H and O–H groups in total. The molecule has 1 saturated carbocycles. The highest BCUT2D eigenvalue weighted by Crippen LogP contribution is 2.36. The van der Waals surface area contributed by atoms with Crippen molar-refractivity contribution in [1.29, 1.82) is 0 Å². The lowest BCUT2D eigenvalue weighted by Crippen LogP contribution is -2.51. The van der Waals surface area contributed by atoms with Crippen LogP contribution in [-0.4, -0.2) is 33.0 Å². The van der Waals surface area contributed by atoms with Crippen molar-refractivity contribution in [3.05, 3.63) is 18.7 Å². The van der Waals surface area contributed by atoms with Crippen molar-refractivity contribution in [2.24, 2.45) is 16.3 Å². The van der Waals surface area contributed by atoms with Crippen molar-refractivity contribution in [2.75, 3.05) is 6.54 Å². The maximum absolute atomic E-state index is 12.4. The third-order valence-corrected chi connectivity index (χ3v) is 3.95. The highest BCUT2D eigenvalue weighted by molar-refractivity contribution is 6.06. The molecule has 2 rings (SSSR count). The van der Waals surface area contributed by atoms with E-state index in [4.69, 9.17) is 10.9 Å². The maximum Gasteiger partial charge on any atom is 0.234 e. The molecule has 0 radical (unpaired) electrons. The van der Waals surface area contributed by atoms with Gasteiger partial charge in [-0.2, -0.15) is 0 Å². The molecule has 0 aliphatic heterocycles. The topological polar surface area (TPSA) is 106 Å². The van der Waals surface area contributed by atoms with Crippen LogP contribution in [0.25, 0.3) is 0 Å². The Morgan fingerprint density at radius 2 is 2.20 bits per heavy atom. The van der Waals surface area contributed by atoms with Crippen LogP contribution in [0.2, 0.25) is 0 Å². The standard InChI is InChI=1S/C13H21N5O2/c14-11(17-20)13(4-2-1-3-5-13)12(19)16-7-9-18-8-6-15-10-18/h6,8,10,20H,1-5,7,9H2,(H2,14,17)(H,16,19). The van der Waals surface area contributed by atoms with Crippen LogP contribution in [0.15, 0.2) is 23.9 Å². The third-order valence-electron chi connectivity index (χ3n) is 3.95. The lowest BCUT2D eigenvalue weighted by molar-refractivity contribution is -0.129. The Morgan fingerprint density at radius 1 is 1.45 bits per heavy atom. The summed E-state index contributed by atoms with van der Waals surface area (Å²) in [5, 5.41) is 14.9. The van der Waals surface area contributed by atoms with E-state index in [0.29, 0.717) is 25.9 Å². The molecule has 1 amide bonds. The molecular weight excluding hydrogens is 258 g/mol. The predicted octanol–water partition coefficient (Wildman–Crippen LogP) is 0.696. The van der Waals surface area contributed by atoms with Crippen LogP contribution in [0, 0.1) is 5.41 Å². The molecule has 1 heterocycles. The zero-order valence-electron chi connectivity index (χ0n) is 11.5. The van der Waals surface area contributed by atoms with Crippen molar-refractivity contribution in [3.8, 4) is 0 Å². The zero-order valence-corrected chi connectivity index (χ0v) is 11.5. The van der Waals surface area contributed by atoms with Gasteiger partial charge >= 0.3 is 0 Å². The van der Waals surface area contributed by atoms with E-state index in [-0.39, 0.29) is 11.7 Å². The number of nitrogens with two attached hydrogens (primary N) is 1. The number of amidine groups is 1. The molecule has 1 aliphatic carbocycles. The van der Waals surface area contributed by atoms with Gasteiger partial charge in [-0.15, -0.1) is 0 Å². The summed E-state index contributed by atoms with van der Waals surface area (Å²) in [5.74, 6) is -0.120. The molecule has 110 valence electrons. The third kappa shape index (κ3) is 2.92. The number of hydrogen-bond acceptors (Lipinski definition) is 4. The van der Waals surface area contributed by atoms with E-state index >= 15 is 0 Å². The number of carbonyl (C=O) groups is 1. The molecule has 0 aromatic carbocycles. The van der Waals surface area contributed by atoms with Crippen LogP contribution in [0.1, 0.15) is 32.1 Å². The van der Waals surface area contributed by atoms with Crippen LogP contribution in [0.3, 0.4) is 0 Å². The number of amides is 1. The molecule has 1 aliphatic rings. The fourth-order valence-electron chi connectivity index (χ4n) is 2.74. The van der Waals surface area contributed by atoms with Gasteiger partial charge in [-0.3, -0.25) is 4.79 Å². The Labute approximate surface area is 117 Å². The van der Waals surface area contributed by atoms with Crippen LogP contribution in [0.5, 0.6) is 0 Å². The maximum atomic E-state index is 12.4. The molecule has 7 heteroatoms. The number of imidazole rings is 1. The normalized spacial score (nSPS) is 18.7. The molecular formula is C13H21N5O2. The van der Waals surface area contributed by atoms with Gasteiger partial charge in [0.15, 0.2) is 5.84 Å². The molecule has 0 unspecified atom stereocenters. The van der Waals surface area contributed by atoms with E-state index in [9.17, 15) is 4.79 Å². The number of rotatable bonds is 5. The Morgan fingerprint density at radius 3 is 2.80 bits per heavy atom. The summed E-state index contributed by atoms with van der Waals surface area (Å²) in [6.45, 7) is 1.15. The molecule has 0 spiro atoms. The zero-order chi connectivity index (χ0) is 14.4. The predicted molar refractivity (Wildman–Crippen MR) is 74.2 cm³/mol. The Balaban J connectivity index is 1.96. The summed E-state index contributed by atoms with van der Waals surface area (Å²) in [7, 11) is 0. The first kappa shape index (κ1) is 14.4. The second-order valence-electron chi connectivity index (χ2n) is 5.18. The summed E-state index contributed by atoms with van der Waals surface area (Å²) in [5.41, 5.74) is 4.93. The molecule has 7 nitrogen and oxygen atoms in total. The molecule has 1 fully saturated rings. The number of carbonyl (C=O) groups excluding carboxylic acids is 1. The molecule has 0 atom stereocenters. The van der Waals surface area contributed by atoms with Crippen LogP contribution in [-0.2, 0) is 11.3 Å². The van der Waals surface area contributed by atoms with Crippen LogP contribution in [0.4, 0.5) is 0 Å². The van der Waals surface area contributed by atoms with Crippen molar-refractivity contribution in [3.63, 3.8) is 0 Å². The highest BCUT2D eigenvalue weighted by Gasteiger charge is 2.43. The summed E-state index contributed by atoms with van der Waals surface area (Å²) < 4.78 is 1.89. The second-order valence-corrected chi connectivity index (χ2v) is 5.18. The second kappa shape index (κ2) is 6.40. The first-order valence-corrected chi connectivity index (χ1v) is 6.91. The quantitative estimate of drug-likeness (QED) is 0.319. The molecule has 1 aromatic rings. The lowest BCUT2D eigenvalue weighted by atomic mass is 9.72. The number of aromatic nitrogens is 2. The number of oxime groups is 1. The van der Waals surface area contributed by atoms with Crippen LogP contribution < -0.4 is 11.1 Å². The lowest BCUT2D eigenvalue weighted by Gasteiger charge is -2.34. The van der Waals surface area contributed by atoms with E-state index in [1.54, 1.807) is 12.5 Å². The summed E-state index contributed by atoms with van der Waals surface area (Å²) in [6, 6.07) is 0. The molecule has 0 saturated heterocycles. The molecule has 1 aromatic heterocycles. The Hall–Kier alpha value is -2.05. The average Bonchev–Trinajstić information content (AvgIpc) is 3.00. The summed E-state index contributed by atoms with van der Waals surface area (Å²) in [4.78, 5) is 16.4. The van der Waals surface area contributed by atoms with Gasteiger partial charge in [-0.05, 0) is 12.8 Å². The number of nitrogens with one attached hydrogen (secondary N) is 1. The van der Waals surface area contributed by atoms with Crippen LogP contribution >= 0.6 is 0 Å². The van der Waals surface area contributed by atoms with Gasteiger partial charge in [0.2, 0.25) is 5.91 Å². The van der Waals surface area contributed by atoms with Gasteiger partial charge in [0.25, 0.3) is 0 Å². The summed E-state index contributed by atoms with van der Waals surface area (Å²) in [6.07, 6.45) is 9.44. The van der Waals surface area contributed by atoms with Crippen molar-refractivity contribution in [2.45, 2.75) is 38.6 Å². The smallest absolute Gasteiger partial charge is 0.234 e. The number of nitrogens with zero attached hydrogens (tertiary/aromatic N) is 3. The summed E-state index contributed by atoms with van der Waals surface area (Å²) >= 11 is 0. The van der Waals surface area contributed by atoms with E-state index in [1.807, 2.05) is 10.8 Å².